The van der Waals surface area contributed by atoms with Gasteiger partial charge in [0.05, 0.1) is 21.1 Å². The molecule has 0 aliphatic carbocycles. The Morgan fingerprint density at radius 1 is 1.33 bits per heavy atom. The van der Waals surface area contributed by atoms with E-state index in [1.165, 1.54) is 40.8 Å². The fourth-order valence-corrected chi connectivity index (χ4v) is 3.05. The van der Waals surface area contributed by atoms with E-state index < -0.39 is 37.1 Å². The number of carboxylic acid groups (broad SMARTS) is 1. The highest BCUT2D eigenvalue weighted by molar-refractivity contribution is 7.90. The molecule has 134 valence electrons. The van der Waals surface area contributed by atoms with Gasteiger partial charge in [0, 0.05) is 12.3 Å². The highest BCUT2D eigenvalue weighted by Gasteiger charge is 2.44. The van der Waals surface area contributed by atoms with Crippen molar-refractivity contribution >= 4 is 21.7 Å². The van der Waals surface area contributed by atoms with Gasteiger partial charge in [-0.1, -0.05) is 0 Å². The van der Waals surface area contributed by atoms with Gasteiger partial charge in [0.15, 0.2) is 0 Å². The largest absolute Gasteiger partial charge is 0.481 e. The molecule has 10 heteroatoms. The molecule has 1 aromatic rings. The van der Waals surface area contributed by atoms with Crippen LogP contribution < -0.4 is 4.72 Å². The molecule has 9 nitrogen and oxygen atoms in total. The second kappa shape index (κ2) is 6.44. The molecule has 0 aliphatic rings. The van der Waals surface area contributed by atoms with Crippen LogP contribution in [-0.2, 0) is 20.4 Å². The van der Waals surface area contributed by atoms with E-state index in [9.17, 15) is 28.4 Å². The summed E-state index contributed by atoms with van der Waals surface area (Å²) in [5, 5.41) is 20.3. The molecule has 2 atom stereocenters. The van der Waals surface area contributed by atoms with Crippen molar-refractivity contribution in [3.05, 3.63) is 34.1 Å². The van der Waals surface area contributed by atoms with Crippen LogP contribution in [0.25, 0.3) is 0 Å². The number of nitrogens with zero attached hydrogens (tertiary/aromatic N) is 2. The molecule has 1 rings (SSSR count). The average Bonchev–Trinajstić information content (AvgIpc) is 2.44. The molecule has 0 aromatic carbocycles. The van der Waals surface area contributed by atoms with E-state index in [1.807, 2.05) is 0 Å². The van der Waals surface area contributed by atoms with Gasteiger partial charge in [0.2, 0.25) is 10.0 Å². The van der Waals surface area contributed by atoms with E-state index >= 15 is 0 Å². The summed E-state index contributed by atoms with van der Waals surface area (Å²) < 4.78 is 26.3. The van der Waals surface area contributed by atoms with Crippen LogP contribution >= 0.6 is 0 Å². The predicted molar refractivity (Wildman–Crippen MR) is 86.9 cm³/mol. The van der Waals surface area contributed by atoms with Crippen LogP contribution in [0.3, 0.4) is 0 Å². The van der Waals surface area contributed by atoms with E-state index in [4.69, 9.17) is 0 Å². The lowest BCUT2D eigenvalue weighted by molar-refractivity contribution is -0.385. The second-order valence-electron chi connectivity index (χ2n) is 6.67. The van der Waals surface area contributed by atoms with E-state index in [2.05, 4.69) is 9.71 Å². The lowest BCUT2D eigenvalue weighted by atomic mass is 9.82. The Bertz CT molecular complexity index is 756. The number of hydrogen-bond donors (Lipinski definition) is 2. The number of aliphatic carboxylic acids is 1. The molecule has 2 unspecified atom stereocenters. The van der Waals surface area contributed by atoms with Crippen molar-refractivity contribution in [2.75, 3.05) is 0 Å². The van der Waals surface area contributed by atoms with Gasteiger partial charge in [-0.05, 0) is 40.2 Å². The van der Waals surface area contributed by atoms with Crippen molar-refractivity contribution < 1.29 is 23.2 Å². The maximum Gasteiger partial charge on any atom is 0.308 e. The third-order valence-electron chi connectivity index (χ3n) is 3.92. The van der Waals surface area contributed by atoms with E-state index in [0.717, 1.165) is 12.3 Å². The number of pyridine rings is 1. The van der Waals surface area contributed by atoms with Crippen molar-refractivity contribution in [3.8, 4) is 0 Å². The summed E-state index contributed by atoms with van der Waals surface area (Å²) in [6, 6.07) is 1.12. The molecule has 0 fully saturated rings. The molecule has 1 heterocycles. The predicted octanol–water partition coefficient (Wildman–Crippen LogP) is 1.64. The molecule has 0 saturated heterocycles. The van der Waals surface area contributed by atoms with Crippen LogP contribution in [-0.4, -0.2) is 34.1 Å². The molecule has 0 aliphatic heterocycles. The highest BCUT2D eigenvalue weighted by atomic mass is 32.2. The maximum atomic E-state index is 12.5. The molecular weight excluding hydrogens is 338 g/mol. The Labute approximate surface area is 140 Å². The first-order valence-corrected chi connectivity index (χ1v) is 8.57. The highest BCUT2D eigenvalue weighted by Crippen LogP contribution is 2.33. The van der Waals surface area contributed by atoms with Crippen LogP contribution in [0.5, 0.6) is 0 Å². The summed E-state index contributed by atoms with van der Waals surface area (Å²) in [6.07, 6.45) is 2.23. The van der Waals surface area contributed by atoms with Crippen LogP contribution in [0.1, 0.15) is 40.2 Å². The van der Waals surface area contributed by atoms with Gasteiger partial charge >= 0.3 is 5.97 Å². The Morgan fingerprint density at radius 3 is 2.29 bits per heavy atom. The quantitative estimate of drug-likeness (QED) is 0.581. The molecule has 2 N–H and O–H groups in total. The minimum absolute atomic E-state index is 0.0967. The lowest BCUT2D eigenvalue weighted by Gasteiger charge is -2.36. The second-order valence-corrected chi connectivity index (χ2v) is 9.10. The first kappa shape index (κ1) is 20.0. The summed E-state index contributed by atoms with van der Waals surface area (Å²) in [5.74, 6) is -2.45. The Morgan fingerprint density at radius 2 is 1.88 bits per heavy atom. The van der Waals surface area contributed by atoms with Crippen molar-refractivity contribution in [1.82, 2.24) is 9.71 Å². The average molecular weight is 359 g/mol. The summed E-state index contributed by atoms with van der Waals surface area (Å²) in [5.41, 5.74) is -1.87. The minimum Gasteiger partial charge on any atom is -0.481 e. The molecule has 0 spiro atoms. The van der Waals surface area contributed by atoms with Gasteiger partial charge in [-0.2, -0.15) is 0 Å². The molecule has 24 heavy (non-hydrogen) atoms. The van der Waals surface area contributed by atoms with Crippen molar-refractivity contribution in [2.45, 2.75) is 44.9 Å². The Kier molecular flexibility index (Phi) is 5.36. The topological polar surface area (TPSA) is 140 Å². The zero-order valence-electron chi connectivity index (χ0n) is 14.1. The summed E-state index contributed by atoms with van der Waals surface area (Å²) in [6.45, 7) is 7.09. The van der Waals surface area contributed by atoms with Crippen LogP contribution in [0.15, 0.2) is 18.5 Å². The Balaban J connectivity index is 3.55. The molecular formula is C14H21N3O6S. The van der Waals surface area contributed by atoms with Gasteiger partial charge in [-0.3, -0.25) is 19.9 Å². The maximum absolute atomic E-state index is 12.5. The molecule has 0 radical (unpaired) electrons. The summed E-state index contributed by atoms with van der Waals surface area (Å²) in [4.78, 5) is 25.5. The summed E-state index contributed by atoms with van der Waals surface area (Å²) in [7, 11) is -3.93. The molecule has 1 aromatic heterocycles. The number of carbonyl (C=O) groups is 1. The van der Waals surface area contributed by atoms with E-state index in [-0.39, 0.29) is 11.3 Å². The molecule has 0 saturated carbocycles. The monoisotopic (exact) mass is 359 g/mol. The minimum atomic E-state index is -3.93. The van der Waals surface area contributed by atoms with Crippen molar-refractivity contribution in [3.63, 3.8) is 0 Å². The SMILES string of the molecule is CC(C(=O)O)C(C)(NS(=O)(=O)C(C)(C)C)c1cncc([N+](=O)[O-])c1. The van der Waals surface area contributed by atoms with Crippen molar-refractivity contribution in [1.29, 1.82) is 0 Å². The normalized spacial score (nSPS) is 16.2. The number of nitrogens with one attached hydrogen (secondary N) is 1. The zero-order chi connectivity index (χ0) is 18.9. The third-order valence-corrected chi connectivity index (χ3v) is 6.23. The lowest BCUT2D eigenvalue weighted by Crippen LogP contribution is -2.54. The van der Waals surface area contributed by atoms with E-state index in [1.54, 1.807) is 0 Å². The number of carboxylic acids is 1. The van der Waals surface area contributed by atoms with Crippen LogP contribution in [0.2, 0.25) is 0 Å². The standard InChI is InChI=1S/C14H21N3O6S/c1-9(12(18)19)14(5,16-24(22,23)13(2,3)4)10-6-11(17(20)21)8-15-7-10/h6-9,16H,1-5H3,(H,18,19). The van der Waals surface area contributed by atoms with Gasteiger partial charge < -0.3 is 5.11 Å². The molecule has 0 bridgehead atoms. The molecule has 0 amide bonds. The van der Waals surface area contributed by atoms with E-state index in [0.29, 0.717) is 0 Å². The third kappa shape index (κ3) is 3.88. The number of aromatic nitrogens is 1. The zero-order valence-corrected chi connectivity index (χ0v) is 14.9. The number of hydrogen-bond acceptors (Lipinski definition) is 6. The Hall–Kier alpha value is -2.07. The number of nitro groups is 1. The smallest absolute Gasteiger partial charge is 0.308 e. The summed E-state index contributed by atoms with van der Waals surface area (Å²) >= 11 is 0. The van der Waals surface area contributed by atoms with Gasteiger partial charge in [0.25, 0.3) is 5.69 Å². The van der Waals surface area contributed by atoms with Crippen molar-refractivity contribution in [2.24, 2.45) is 5.92 Å². The fourth-order valence-electron chi connectivity index (χ4n) is 1.89. The number of sulfonamides is 1. The number of rotatable bonds is 6. The first-order chi connectivity index (χ1) is 10.7. The van der Waals surface area contributed by atoms with Crippen LogP contribution in [0, 0.1) is 16.0 Å². The van der Waals surface area contributed by atoms with Gasteiger partial charge in [-0.25, -0.2) is 13.1 Å². The van der Waals surface area contributed by atoms with Gasteiger partial charge in [-0.15, -0.1) is 0 Å². The van der Waals surface area contributed by atoms with Crippen LogP contribution in [0.4, 0.5) is 5.69 Å². The fraction of sp³-hybridized carbons (Fsp3) is 0.571. The van der Waals surface area contributed by atoms with Gasteiger partial charge in [0.1, 0.15) is 6.20 Å². The first-order valence-electron chi connectivity index (χ1n) is 7.08.